The fourth-order valence-corrected chi connectivity index (χ4v) is 3.35. The lowest BCUT2D eigenvalue weighted by molar-refractivity contribution is 0.370. The zero-order valence-electron chi connectivity index (χ0n) is 16.1. The number of sulfonamides is 1. The molecule has 0 aromatic heterocycles. The van der Waals surface area contributed by atoms with Crippen LogP contribution >= 0.6 is 24.0 Å². The molecule has 0 atom stereocenters. The van der Waals surface area contributed by atoms with Gasteiger partial charge in [0.1, 0.15) is 11.6 Å². The van der Waals surface area contributed by atoms with Crippen molar-refractivity contribution in [1.29, 1.82) is 0 Å². The molecule has 1 aliphatic rings. The van der Waals surface area contributed by atoms with Gasteiger partial charge in [-0.2, -0.15) is 0 Å². The van der Waals surface area contributed by atoms with Gasteiger partial charge in [0.25, 0.3) is 0 Å². The van der Waals surface area contributed by atoms with Gasteiger partial charge in [0, 0.05) is 51.9 Å². The Kier molecular flexibility index (Phi) is 10.4. The standard InChI is InChI=1S/C17H27F2N5O2S.HI/c1-3-20-17(21-7-4-8-22-27(2,25)26)24-11-9-23(10-12-24)16-13-14(18)5-6-15(16)19;/h5-6,13,22H,3-4,7-12H2,1-2H3,(H,20,21);1H. The molecule has 1 heterocycles. The van der Waals surface area contributed by atoms with Crippen molar-refractivity contribution in [2.24, 2.45) is 4.99 Å². The molecule has 0 amide bonds. The molecule has 1 fully saturated rings. The van der Waals surface area contributed by atoms with Crippen molar-refractivity contribution < 1.29 is 17.2 Å². The third-order valence-electron chi connectivity index (χ3n) is 4.12. The predicted molar refractivity (Wildman–Crippen MR) is 119 cm³/mol. The van der Waals surface area contributed by atoms with E-state index in [1.807, 2.05) is 11.8 Å². The molecule has 11 heteroatoms. The number of anilines is 1. The third-order valence-corrected chi connectivity index (χ3v) is 4.85. The molecule has 2 rings (SSSR count). The maximum atomic E-state index is 13.9. The highest BCUT2D eigenvalue weighted by Gasteiger charge is 2.22. The van der Waals surface area contributed by atoms with Gasteiger partial charge in [-0.25, -0.2) is 21.9 Å². The van der Waals surface area contributed by atoms with Crippen LogP contribution in [0.25, 0.3) is 0 Å². The molecule has 0 spiro atoms. The lowest BCUT2D eigenvalue weighted by Crippen LogP contribution is -2.52. The average Bonchev–Trinajstić information content (AvgIpc) is 2.62. The van der Waals surface area contributed by atoms with Crippen molar-refractivity contribution >= 4 is 45.6 Å². The summed E-state index contributed by atoms with van der Waals surface area (Å²) in [5.74, 6) is -0.133. The van der Waals surface area contributed by atoms with Crippen molar-refractivity contribution in [3.63, 3.8) is 0 Å². The Hall–Kier alpha value is -1.21. The summed E-state index contributed by atoms with van der Waals surface area (Å²) in [5.41, 5.74) is 0.281. The number of halogens is 3. The number of hydrogen-bond acceptors (Lipinski definition) is 4. The fourth-order valence-electron chi connectivity index (χ4n) is 2.83. The van der Waals surface area contributed by atoms with Crippen molar-refractivity contribution in [2.45, 2.75) is 13.3 Å². The van der Waals surface area contributed by atoms with Crippen LogP contribution in [0.1, 0.15) is 13.3 Å². The second kappa shape index (κ2) is 11.7. The highest BCUT2D eigenvalue weighted by atomic mass is 127. The molecule has 1 saturated heterocycles. The lowest BCUT2D eigenvalue weighted by atomic mass is 10.2. The summed E-state index contributed by atoms with van der Waals surface area (Å²) in [7, 11) is -3.18. The summed E-state index contributed by atoms with van der Waals surface area (Å²) in [4.78, 5) is 8.43. The first kappa shape index (κ1) is 24.8. The van der Waals surface area contributed by atoms with Crippen LogP contribution in [-0.4, -0.2) is 71.3 Å². The monoisotopic (exact) mass is 531 g/mol. The molecule has 7 nitrogen and oxygen atoms in total. The van der Waals surface area contributed by atoms with Crippen molar-refractivity contribution in [1.82, 2.24) is 14.9 Å². The van der Waals surface area contributed by atoms with Crippen LogP contribution in [0.15, 0.2) is 23.2 Å². The molecule has 0 saturated carbocycles. The summed E-state index contributed by atoms with van der Waals surface area (Å²) < 4.78 is 51.9. The lowest BCUT2D eigenvalue weighted by Gasteiger charge is -2.37. The van der Waals surface area contributed by atoms with E-state index in [0.29, 0.717) is 52.2 Å². The topological polar surface area (TPSA) is 77.0 Å². The zero-order valence-corrected chi connectivity index (χ0v) is 19.3. The summed E-state index contributed by atoms with van der Waals surface area (Å²) in [5, 5.41) is 3.22. The first-order chi connectivity index (χ1) is 12.8. The molecule has 2 N–H and O–H groups in total. The summed E-state index contributed by atoms with van der Waals surface area (Å²) in [6.07, 6.45) is 1.72. The van der Waals surface area contributed by atoms with Gasteiger partial charge in [-0.1, -0.05) is 0 Å². The minimum absolute atomic E-state index is 0. The van der Waals surface area contributed by atoms with Crippen LogP contribution in [0.5, 0.6) is 0 Å². The van der Waals surface area contributed by atoms with E-state index in [-0.39, 0.29) is 29.7 Å². The van der Waals surface area contributed by atoms with E-state index in [9.17, 15) is 17.2 Å². The number of nitrogens with one attached hydrogen (secondary N) is 2. The molecule has 28 heavy (non-hydrogen) atoms. The minimum atomic E-state index is -3.18. The number of benzene rings is 1. The van der Waals surface area contributed by atoms with Gasteiger partial charge in [-0.3, -0.25) is 4.99 Å². The zero-order chi connectivity index (χ0) is 19.9. The van der Waals surface area contributed by atoms with E-state index in [0.717, 1.165) is 24.3 Å². The van der Waals surface area contributed by atoms with E-state index >= 15 is 0 Å². The van der Waals surface area contributed by atoms with Crippen molar-refractivity contribution in [3.8, 4) is 0 Å². The van der Waals surface area contributed by atoms with Gasteiger partial charge in [-0.15, -0.1) is 24.0 Å². The number of nitrogens with zero attached hydrogens (tertiary/aromatic N) is 3. The Labute approximate surface area is 182 Å². The molecule has 0 radical (unpaired) electrons. The van der Waals surface area contributed by atoms with Gasteiger partial charge >= 0.3 is 0 Å². The number of hydrogen-bond donors (Lipinski definition) is 2. The summed E-state index contributed by atoms with van der Waals surface area (Å²) in [6.45, 7) is 5.88. The van der Waals surface area contributed by atoms with E-state index in [2.05, 4.69) is 19.9 Å². The van der Waals surface area contributed by atoms with Crippen LogP contribution in [0.2, 0.25) is 0 Å². The second-order valence-corrected chi connectivity index (χ2v) is 8.16. The maximum Gasteiger partial charge on any atom is 0.208 e. The number of piperazine rings is 1. The largest absolute Gasteiger partial charge is 0.366 e. The number of rotatable bonds is 7. The average molecular weight is 531 g/mol. The Morgan fingerprint density at radius 1 is 1.21 bits per heavy atom. The summed E-state index contributed by atoms with van der Waals surface area (Å²) >= 11 is 0. The number of aliphatic imine (C=N–C) groups is 1. The van der Waals surface area contributed by atoms with Crippen LogP contribution in [-0.2, 0) is 10.0 Å². The van der Waals surface area contributed by atoms with Gasteiger partial charge in [0.05, 0.1) is 11.9 Å². The molecule has 1 aliphatic heterocycles. The van der Waals surface area contributed by atoms with Crippen LogP contribution in [0, 0.1) is 11.6 Å². The van der Waals surface area contributed by atoms with Crippen LogP contribution in [0.3, 0.4) is 0 Å². The second-order valence-electron chi connectivity index (χ2n) is 6.33. The van der Waals surface area contributed by atoms with E-state index in [4.69, 9.17) is 0 Å². The highest BCUT2D eigenvalue weighted by Crippen LogP contribution is 2.21. The van der Waals surface area contributed by atoms with Crippen LogP contribution in [0.4, 0.5) is 14.5 Å². The van der Waals surface area contributed by atoms with Crippen LogP contribution < -0.4 is 14.9 Å². The van der Waals surface area contributed by atoms with Gasteiger partial charge in [0.2, 0.25) is 10.0 Å². The Morgan fingerprint density at radius 2 is 1.89 bits per heavy atom. The molecule has 0 bridgehead atoms. The van der Waals surface area contributed by atoms with Crippen molar-refractivity contribution in [2.75, 3.05) is 57.0 Å². The van der Waals surface area contributed by atoms with Gasteiger partial charge < -0.3 is 15.1 Å². The third kappa shape index (κ3) is 8.03. The molecule has 1 aromatic carbocycles. The fraction of sp³-hybridized carbons (Fsp3) is 0.588. The van der Waals surface area contributed by atoms with E-state index in [1.165, 1.54) is 6.07 Å². The van der Waals surface area contributed by atoms with E-state index < -0.39 is 21.7 Å². The molecule has 0 aliphatic carbocycles. The van der Waals surface area contributed by atoms with E-state index in [1.54, 1.807) is 0 Å². The normalized spacial score (nSPS) is 15.4. The first-order valence-electron chi connectivity index (χ1n) is 8.98. The molecule has 1 aromatic rings. The molecule has 0 unspecified atom stereocenters. The Bertz CT molecular complexity index is 756. The van der Waals surface area contributed by atoms with Gasteiger partial charge in [0.15, 0.2) is 5.96 Å². The summed E-state index contributed by atoms with van der Waals surface area (Å²) in [6, 6.07) is 3.48. The quantitative estimate of drug-likeness (QED) is 0.242. The first-order valence-corrected chi connectivity index (χ1v) is 10.9. The predicted octanol–water partition coefficient (Wildman–Crippen LogP) is 1.61. The SMILES string of the molecule is CCNC(=NCCCNS(C)(=O)=O)N1CCN(c2cc(F)ccc2F)CC1.I. The van der Waals surface area contributed by atoms with Crippen molar-refractivity contribution in [3.05, 3.63) is 29.8 Å². The molecular formula is C17H28F2IN5O2S. The number of guanidine groups is 1. The Morgan fingerprint density at radius 3 is 2.50 bits per heavy atom. The smallest absolute Gasteiger partial charge is 0.208 e. The minimum Gasteiger partial charge on any atom is -0.366 e. The van der Waals surface area contributed by atoms with Gasteiger partial charge in [-0.05, 0) is 25.5 Å². The Balaban J connectivity index is 0.00000392. The molecule has 160 valence electrons. The highest BCUT2D eigenvalue weighted by molar-refractivity contribution is 14.0. The maximum absolute atomic E-state index is 13.9. The molecular weight excluding hydrogens is 503 g/mol.